The number of benzene rings is 1. The maximum atomic E-state index is 13.0. The fourth-order valence-electron chi connectivity index (χ4n) is 2.80. The predicted molar refractivity (Wildman–Crippen MR) is 69.7 cm³/mol. The van der Waals surface area contributed by atoms with Crippen molar-refractivity contribution in [2.45, 2.75) is 38.1 Å². The summed E-state index contributed by atoms with van der Waals surface area (Å²) in [5, 5.41) is 0. The van der Waals surface area contributed by atoms with Gasteiger partial charge in [-0.1, -0.05) is 19.3 Å². The first-order valence-corrected chi connectivity index (χ1v) is 6.62. The van der Waals surface area contributed by atoms with Gasteiger partial charge in [-0.05, 0) is 42.7 Å². The SMILES string of the molecule is Fc1ccc(-c2cncn2C2CCCCC2)cc1. The van der Waals surface area contributed by atoms with E-state index in [0.717, 1.165) is 11.3 Å². The lowest BCUT2D eigenvalue weighted by molar-refractivity contribution is 0.355. The van der Waals surface area contributed by atoms with Crippen molar-refractivity contribution >= 4 is 0 Å². The predicted octanol–water partition coefficient (Wildman–Crippen LogP) is 4.19. The van der Waals surface area contributed by atoms with Gasteiger partial charge in [-0.2, -0.15) is 0 Å². The first kappa shape index (κ1) is 11.5. The summed E-state index contributed by atoms with van der Waals surface area (Å²) in [7, 11) is 0. The average Bonchev–Trinajstić information content (AvgIpc) is 2.90. The normalized spacial score (nSPS) is 16.9. The Kier molecular flexibility index (Phi) is 3.13. The quantitative estimate of drug-likeness (QED) is 0.774. The highest BCUT2D eigenvalue weighted by molar-refractivity contribution is 5.58. The second kappa shape index (κ2) is 4.92. The Labute approximate surface area is 106 Å². The summed E-state index contributed by atoms with van der Waals surface area (Å²) in [5.74, 6) is -0.192. The molecule has 1 aromatic carbocycles. The maximum Gasteiger partial charge on any atom is 0.123 e. The summed E-state index contributed by atoms with van der Waals surface area (Å²) in [6.45, 7) is 0. The number of rotatable bonds is 2. The monoisotopic (exact) mass is 244 g/mol. The third kappa shape index (κ3) is 2.17. The zero-order chi connectivity index (χ0) is 12.4. The van der Waals surface area contributed by atoms with E-state index in [9.17, 15) is 4.39 Å². The van der Waals surface area contributed by atoms with Crippen molar-refractivity contribution in [3.63, 3.8) is 0 Å². The fraction of sp³-hybridized carbons (Fsp3) is 0.400. The highest BCUT2D eigenvalue weighted by atomic mass is 19.1. The van der Waals surface area contributed by atoms with Crippen LogP contribution in [0.1, 0.15) is 38.1 Å². The van der Waals surface area contributed by atoms with Crippen molar-refractivity contribution in [3.05, 3.63) is 42.6 Å². The molecule has 0 unspecified atom stereocenters. The summed E-state index contributed by atoms with van der Waals surface area (Å²) < 4.78 is 15.2. The van der Waals surface area contributed by atoms with E-state index in [4.69, 9.17) is 0 Å². The van der Waals surface area contributed by atoms with Crippen LogP contribution in [0, 0.1) is 5.82 Å². The third-order valence-corrected chi connectivity index (χ3v) is 3.77. The minimum Gasteiger partial charge on any atom is -0.328 e. The lowest BCUT2D eigenvalue weighted by Crippen LogP contribution is -2.12. The molecule has 0 saturated heterocycles. The molecule has 18 heavy (non-hydrogen) atoms. The molecule has 0 aliphatic heterocycles. The molecule has 0 N–H and O–H groups in total. The summed E-state index contributed by atoms with van der Waals surface area (Å²) in [5.41, 5.74) is 2.14. The Morgan fingerprint density at radius 2 is 1.78 bits per heavy atom. The first-order valence-electron chi connectivity index (χ1n) is 6.62. The second-order valence-electron chi connectivity index (χ2n) is 4.98. The Morgan fingerprint density at radius 3 is 2.50 bits per heavy atom. The van der Waals surface area contributed by atoms with E-state index in [1.54, 1.807) is 0 Å². The molecule has 2 aromatic rings. The van der Waals surface area contributed by atoms with Gasteiger partial charge in [-0.3, -0.25) is 0 Å². The molecule has 0 bridgehead atoms. The van der Waals surface area contributed by atoms with Crippen LogP contribution in [0.3, 0.4) is 0 Å². The number of nitrogens with zero attached hydrogens (tertiary/aromatic N) is 2. The molecule has 1 aliphatic rings. The number of halogens is 1. The van der Waals surface area contributed by atoms with Gasteiger partial charge in [-0.15, -0.1) is 0 Å². The van der Waals surface area contributed by atoms with Gasteiger partial charge in [0.2, 0.25) is 0 Å². The lowest BCUT2D eigenvalue weighted by atomic mass is 9.95. The highest BCUT2D eigenvalue weighted by Crippen LogP contribution is 2.32. The zero-order valence-corrected chi connectivity index (χ0v) is 10.3. The van der Waals surface area contributed by atoms with Crippen LogP contribution < -0.4 is 0 Å². The number of aromatic nitrogens is 2. The Morgan fingerprint density at radius 1 is 1.06 bits per heavy atom. The molecule has 0 radical (unpaired) electrons. The van der Waals surface area contributed by atoms with E-state index < -0.39 is 0 Å². The number of hydrogen-bond acceptors (Lipinski definition) is 1. The lowest BCUT2D eigenvalue weighted by Gasteiger charge is -2.24. The van der Waals surface area contributed by atoms with Gasteiger partial charge < -0.3 is 4.57 Å². The molecule has 3 heteroatoms. The number of hydrogen-bond donors (Lipinski definition) is 0. The molecule has 1 aliphatic carbocycles. The summed E-state index contributed by atoms with van der Waals surface area (Å²) in [4.78, 5) is 4.27. The molecule has 3 rings (SSSR count). The zero-order valence-electron chi connectivity index (χ0n) is 10.3. The molecular formula is C15H17FN2. The van der Waals surface area contributed by atoms with Gasteiger partial charge >= 0.3 is 0 Å². The van der Waals surface area contributed by atoms with Crippen molar-refractivity contribution in [3.8, 4) is 11.3 Å². The largest absolute Gasteiger partial charge is 0.328 e. The molecule has 2 nitrogen and oxygen atoms in total. The van der Waals surface area contributed by atoms with Crippen molar-refractivity contribution < 1.29 is 4.39 Å². The minimum absolute atomic E-state index is 0.192. The Balaban J connectivity index is 1.93. The van der Waals surface area contributed by atoms with Crippen LogP contribution in [0.2, 0.25) is 0 Å². The van der Waals surface area contributed by atoms with Crippen LogP contribution in [0.5, 0.6) is 0 Å². The standard InChI is InChI=1S/C15H17FN2/c16-13-8-6-12(7-9-13)15-10-17-11-18(15)14-4-2-1-3-5-14/h6-11,14H,1-5H2. The van der Waals surface area contributed by atoms with Crippen molar-refractivity contribution in [1.82, 2.24) is 9.55 Å². The van der Waals surface area contributed by atoms with Gasteiger partial charge in [0, 0.05) is 6.04 Å². The van der Waals surface area contributed by atoms with Gasteiger partial charge in [0.15, 0.2) is 0 Å². The van der Waals surface area contributed by atoms with E-state index in [1.165, 1.54) is 44.2 Å². The van der Waals surface area contributed by atoms with Gasteiger partial charge in [0.1, 0.15) is 5.82 Å². The second-order valence-corrected chi connectivity index (χ2v) is 4.98. The average molecular weight is 244 g/mol. The van der Waals surface area contributed by atoms with Gasteiger partial charge in [0.05, 0.1) is 18.2 Å². The maximum absolute atomic E-state index is 13.0. The summed E-state index contributed by atoms with van der Waals surface area (Å²) >= 11 is 0. The van der Waals surface area contributed by atoms with Crippen molar-refractivity contribution in [2.75, 3.05) is 0 Å². The van der Waals surface area contributed by atoms with Crippen LogP contribution in [0.15, 0.2) is 36.8 Å². The van der Waals surface area contributed by atoms with Crippen LogP contribution in [0.4, 0.5) is 4.39 Å². The first-order chi connectivity index (χ1) is 8.84. The van der Waals surface area contributed by atoms with Crippen LogP contribution in [-0.4, -0.2) is 9.55 Å². The summed E-state index contributed by atoms with van der Waals surface area (Å²) in [6, 6.07) is 7.22. The molecule has 0 atom stereocenters. The Bertz CT molecular complexity index is 510. The van der Waals surface area contributed by atoms with Crippen LogP contribution in [0.25, 0.3) is 11.3 Å². The van der Waals surface area contributed by atoms with E-state index >= 15 is 0 Å². The highest BCUT2D eigenvalue weighted by Gasteiger charge is 2.18. The minimum atomic E-state index is -0.192. The smallest absolute Gasteiger partial charge is 0.123 e. The molecular weight excluding hydrogens is 227 g/mol. The molecule has 1 fully saturated rings. The molecule has 1 heterocycles. The molecule has 0 spiro atoms. The molecule has 94 valence electrons. The van der Waals surface area contributed by atoms with Crippen molar-refractivity contribution in [1.29, 1.82) is 0 Å². The van der Waals surface area contributed by atoms with E-state index in [-0.39, 0.29) is 5.82 Å². The van der Waals surface area contributed by atoms with Gasteiger partial charge in [-0.25, -0.2) is 9.37 Å². The van der Waals surface area contributed by atoms with Crippen LogP contribution in [-0.2, 0) is 0 Å². The molecule has 1 aromatic heterocycles. The number of imidazole rings is 1. The van der Waals surface area contributed by atoms with Crippen molar-refractivity contribution in [2.24, 2.45) is 0 Å². The topological polar surface area (TPSA) is 17.8 Å². The van der Waals surface area contributed by atoms with E-state index in [1.807, 2.05) is 24.7 Å². The molecule has 0 amide bonds. The Hall–Kier alpha value is -1.64. The molecule has 1 saturated carbocycles. The van der Waals surface area contributed by atoms with E-state index in [2.05, 4.69) is 9.55 Å². The van der Waals surface area contributed by atoms with E-state index in [0.29, 0.717) is 6.04 Å². The summed E-state index contributed by atoms with van der Waals surface area (Å²) in [6.07, 6.45) is 10.2. The van der Waals surface area contributed by atoms with Crippen LogP contribution >= 0.6 is 0 Å². The third-order valence-electron chi connectivity index (χ3n) is 3.77. The van der Waals surface area contributed by atoms with Gasteiger partial charge in [0.25, 0.3) is 0 Å². The fourth-order valence-corrected chi connectivity index (χ4v) is 2.80.